The molecule has 9 nitrogen and oxygen atoms in total. The van der Waals surface area contributed by atoms with E-state index in [-0.39, 0.29) is 23.9 Å². The summed E-state index contributed by atoms with van der Waals surface area (Å²) in [5.41, 5.74) is 4.53. The molecule has 0 aliphatic carbocycles. The molecule has 1 amide bonds. The number of hydrogen-bond donors (Lipinski definition) is 1. The summed E-state index contributed by atoms with van der Waals surface area (Å²) in [6.45, 7) is 7.13. The second kappa shape index (κ2) is 11.9. The Kier molecular flexibility index (Phi) is 8.09. The molecule has 4 aromatic rings. The molecule has 1 N–H and O–H groups in total. The molecule has 208 valence electrons. The lowest BCUT2D eigenvalue weighted by Crippen LogP contribution is -2.38. The quantitative estimate of drug-likeness (QED) is 0.334. The summed E-state index contributed by atoms with van der Waals surface area (Å²) in [5, 5.41) is 3.84. The molecule has 0 unspecified atom stereocenters. The maximum absolute atomic E-state index is 13.8. The Balaban J connectivity index is 1.45. The normalized spacial score (nSPS) is 15.1. The van der Waals surface area contributed by atoms with Gasteiger partial charge in [-0.05, 0) is 49.8 Å². The van der Waals surface area contributed by atoms with E-state index in [1.165, 1.54) is 0 Å². The fourth-order valence-electron chi connectivity index (χ4n) is 5.46. The van der Waals surface area contributed by atoms with Crippen LogP contribution in [0, 0.1) is 6.92 Å². The average Bonchev–Trinajstić information content (AvgIpc) is 3.60. The first-order chi connectivity index (χ1) is 19.4. The van der Waals surface area contributed by atoms with Crippen LogP contribution < -0.4 is 11.3 Å². The third kappa shape index (κ3) is 5.68. The Morgan fingerprint density at radius 2 is 1.85 bits per heavy atom. The molecule has 5 rings (SSSR count). The minimum Gasteiger partial charge on any atom is -0.340 e. The van der Waals surface area contributed by atoms with Crippen LogP contribution in [0.2, 0.25) is 0 Å². The largest absolute Gasteiger partial charge is 0.439 e. The van der Waals surface area contributed by atoms with Crippen molar-refractivity contribution < 1.29 is 9.32 Å². The Hall–Kier alpha value is -4.27. The summed E-state index contributed by atoms with van der Waals surface area (Å²) < 4.78 is 6.44. The van der Waals surface area contributed by atoms with Crippen LogP contribution in [0.4, 0.5) is 0 Å². The fraction of sp³-hybridized carbons (Fsp3) is 0.387. The number of aryl methyl sites for hydroxylation is 2. The molecular weight excluding hydrogens is 506 g/mol. The Labute approximate surface area is 232 Å². The van der Waals surface area contributed by atoms with E-state index in [2.05, 4.69) is 24.0 Å². The van der Waals surface area contributed by atoms with Gasteiger partial charge < -0.3 is 4.90 Å². The van der Waals surface area contributed by atoms with Crippen LogP contribution in [0.1, 0.15) is 62.2 Å². The first kappa shape index (κ1) is 27.3. The van der Waals surface area contributed by atoms with Crippen LogP contribution in [0.25, 0.3) is 22.5 Å². The van der Waals surface area contributed by atoms with Crippen molar-refractivity contribution >= 4 is 5.91 Å². The molecule has 1 aliphatic rings. The zero-order valence-electron chi connectivity index (χ0n) is 23.3. The number of aromatic amines is 1. The van der Waals surface area contributed by atoms with E-state index in [4.69, 9.17) is 9.51 Å². The van der Waals surface area contributed by atoms with Gasteiger partial charge in [-0.2, -0.15) is 0 Å². The van der Waals surface area contributed by atoms with Crippen molar-refractivity contribution in [2.45, 2.75) is 71.9 Å². The molecule has 3 heterocycles. The van der Waals surface area contributed by atoms with Crippen molar-refractivity contribution in [1.82, 2.24) is 24.6 Å². The van der Waals surface area contributed by atoms with Gasteiger partial charge in [0.1, 0.15) is 5.82 Å². The van der Waals surface area contributed by atoms with Gasteiger partial charge >= 0.3 is 5.76 Å². The third-order valence-corrected chi connectivity index (χ3v) is 7.73. The summed E-state index contributed by atoms with van der Waals surface area (Å²) in [5.74, 6) is 0.510. The smallest absolute Gasteiger partial charge is 0.340 e. The minimum atomic E-state index is -0.604. The maximum atomic E-state index is 13.8. The van der Waals surface area contributed by atoms with Gasteiger partial charge in [0.25, 0.3) is 5.56 Å². The summed E-state index contributed by atoms with van der Waals surface area (Å²) >= 11 is 0. The van der Waals surface area contributed by atoms with E-state index in [0.717, 1.165) is 60.3 Å². The number of carbonyl (C=O) groups is 1. The lowest BCUT2D eigenvalue weighted by Gasteiger charge is -2.22. The zero-order valence-corrected chi connectivity index (χ0v) is 23.3. The maximum Gasteiger partial charge on any atom is 0.439 e. The Morgan fingerprint density at radius 1 is 1.10 bits per heavy atom. The number of carbonyl (C=O) groups excluding carboxylic acids is 1. The molecule has 0 saturated carbocycles. The Bertz CT molecular complexity index is 1620. The highest BCUT2D eigenvalue weighted by Gasteiger charge is 2.27. The summed E-state index contributed by atoms with van der Waals surface area (Å²) in [7, 11) is 0. The summed E-state index contributed by atoms with van der Waals surface area (Å²) in [6, 6.07) is 15.8. The highest BCUT2D eigenvalue weighted by molar-refractivity contribution is 5.80. The van der Waals surface area contributed by atoms with E-state index in [1.807, 2.05) is 60.4 Å². The van der Waals surface area contributed by atoms with E-state index >= 15 is 0 Å². The van der Waals surface area contributed by atoms with Gasteiger partial charge in [0, 0.05) is 35.8 Å². The second-order valence-corrected chi connectivity index (χ2v) is 10.5. The van der Waals surface area contributed by atoms with Crippen molar-refractivity contribution in [3.63, 3.8) is 0 Å². The van der Waals surface area contributed by atoms with Crippen LogP contribution in [-0.2, 0) is 24.2 Å². The number of nitrogens with zero attached hydrogens (tertiary/aromatic N) is 4. The van der Waals surface area contributed by atoms with Crippen LogP contribution in [-0.4, -0.2) is 43.1 Å². The zero-order chi connectivity index (χ0) is 28.2. The molecule has 1 fully saturated rings. The van der Waals surface area contributed by atoms with Crippen molar-refractivity contribution in [3.8, 4) is 22.5 Å². The monoisotopic (exact) mass is 541 g/mol. The number of H-pyrrole nitrogens is 1. The van der Waals surface area contributed by atoms with Crippen molar-refractivity contribution in [1.29, 1.82) is 0 Å². The molecule has 1 atom stereocenters. The molecule has 1 aliphatic heterocycles. The first-order valence-corrected chi connectivity index (χ1v) is 14.0. The van der Waals surface area contributed by atoms with Crippen LogP contribution in [0.15, 0.2) is 62.6 Å². The number of rotatable bonds is 9. The molecule has 40 heavy (non-hydrogen) atoms. The van der Waals surface area contributed by atoms with Gasteiger partial charge in [-0.1, -0.05) is 67.0 Å². The Morgan fingerprint density at radius 3 is 2.50 bits per heavy atom. The number of likely N-dealkylation sites (tertiary alicyclic amines) is 1. The van der Waals surface area contributed by atoms with Gasteiger partial charge in [0.05, 0.1) is 13.0 Å². The SMILES string of the molecule is CCCCc1nc(C)c(CC(=O)N2CCC[C@@H]2C)c(=O)n1Cc1ccc(-c2ccccc2-c2noc(=O)[nH]2)cc1. The van der Waals surface area contributed by atoms with Crippen LogP contribution in [0.3, 0.4) is 0 Å². The standard InChI is InChI=1S/C31H35N5O4/c1-4-5-12-27-32-21(3)26(18-28(37)35-17-8-9-20(35)2)30(38)36(27)19-22-13-15-23(16-14-22)24-10-6-7-11-25(24)29-33-31(39)40-34-29/h6-7,10-11,13-16,20H,4-5,8-9,12,17-19H2,1-3H3,(H,33,34,39)/t20-/m0/s1. The van der Waals surface area contributed by atoms with Gasteiger partial charge in [-0.25, -0.2) is 9.78 Å². The van der Waals surface area contributed by atoms with E-state index in [9.17, 15) is 14.4 Å². The van der Waals surface area contributed by atoms with E-state index < -0.39 is 5.76 Å². The average molecular weight is 542 g/mol. The molecule has 2 aromatic carbocycles. The van der Waals surface area contributed by atoms with Gasteiger partial charge in [0.15, 0.2) is 5.82 Å². The summed E-state index contributed by atoms with van der Waals surface area (Å²) in [4.78, 5) is 47.7. The van der Waals surface area contributed by atoms with Crippen molar-refractivity contribution in [2.24, 2.45) is 0 Å². The van der Waals surface area contributed by atoms with Crippen molar-refractivity contribution in [2.75, 3.05) is 6.54 Å². The molecule has 1 saturated heterocycles. The summed E-state index contributed by atoms with van der Waals surface area (Å²) in [6.07, 6.45) is 4.70. The van der Waals surface area contributed by atoms with Crippen LogP contribution >= 0.6 is 0 Å². The molecule has 0 bridgehead atoms. The fourth-order valence-corrected chi connectivity index (χ4v) is 5.46. The molecule has 9 heteroatoms. The first-order valence-electron chi connectivity index (χ1n) is 14.0. The lowest BCUT2D eigenvalue weighted by atomic mass is 9.98. The molecule has 0 spiro atoms. The highest BCUT2D eigenvalue weighted by atomic mass is 16.5. The number of benzene rings is 2. The predicted molar refractivity (Wildman–Crippen MR) is 153 cm³/mol. The number of amides is 1. The van der Waals surface area contributed by atoms with Gasteiger partial charge in [-0.15, -0.1) is 0 Å². The van der Waals surface area contributed by atoms with Gasteiger partial charge in [-0.3, -0.25) is 23.7 Å². The lowest BCUT2D eigenvalue weighted by molar-refractivity contribution is -0.131. The molecular formula is C31H35N5O4. The molecule has 0 radical (unpaired) electrons. The number of nitrogens with one attached hydrogen (secondary N) is 1. The van der Waals surface area contributed by atoms with E-state index in [1.54, 1.807) is 4.57 Å². The van der Waals surface area contributed by atoms with Crippen LogP contribution in [0.5, 0.6) is 0 Å². The topological polar surface area (TPSA) is 114 Å². The second-order valence-electron chi connectivity index (χ2n) is 10.5. The van der Waals surface area contributed by atoms with Gasteiger partial charge in [0.2, 0.25) is 5.91 Å². The van der Waals surface area contributed by atoms with E-state index in [0.29, 0.717) is 30.0 Å². The third-order valence-electron chi connectivity index (χ3n) is 7.73. The highest BCUT2D eigenvalue weighted by Crippen LogP contribution is 2.30. The number of unbranched alkanes of at least 4 members (excludes halogenated alkanes) is 1. The minimum absolute atomic E-state index is 0.00339. The molecule has 2 aromatic heterocycles. The number of aromatic nitrogens is 4. The number of hydrogen-bond acceptors (Lipinski definition) is 6. The predicted octanol–water partition coefficient (Wildman–Crippen LogP) is 4.51. The van der Waals surface area contributed by atoms with Crippen molar-refractivity contribution in [3.05, 3.63) is 92.1 Å².